The Morgan fingerprint density at radius 2 is 0.752 bits per heavy atom. The van der Waals surface area contributed by atoms with Crippen molar-refractivity contribution in [1.82, 2.24) is 59.1 Å². The van der Waals surface area contributed by atoms with Crippen molar-refractivity contribution in [3.8, 4) is 23.0 Å². The van der Waals surface area contributed by atoms with E-state index in [4.69, 9.17) is 135 Å². The number of benzene rings is 4. The number of phenols is 1. The summed E-state index contributed by atoms with van der Waals surface area (Å²) in [5.41, 5.74) is 7.09. The van der Waals surface area contributed by atoms with Gasteiger partial charge in [0.25, 0.3) is 10.1 Å². The van der Waals surface area contributed by atoms with Crippen molar-refractivity contribution < 1.29 is 60.1 Å². The Morgan fingerprint density at radius 3 is 1.07 bits per heavy atom. The van der Waals surface area contributed by atoms with Gasteiger partial charge in [0.1, 0.15) is 60.5 Å². The molecule has 0 bridgehead atoms. The molecule has 4 saturated heterocycles. The molecule has 8 atom stereocenters. The first kappa shape index (κ1) is 90.2. The number of aromatic nitrogens is 12. The van der Waals surface area contributed by atoms with Crippen LogP contribution in [0.1, 0.15) is 193 Å². The summed E-state index contributed by atoms with van der Waals surface area (Å²) < 4.78 is 90.7. The van der Waals surface area contributed by atoms with Crippen LogP contribution in [0.15, 0.2) is 127 Å². The highest BCUT2D eigenvalue weighted by molar-refractivity contribution is 14.1. The minimum absolute atomic E-state index is 0.00453. The lowest BCUT2D eigenvalue weighted by molar-refractivity contribution is -0.0369. The van der Waals surface area contributed by atoms with E-state index in [9.17, 15) is 22.7 Å². The number of phenolic OH excluding ortho intramolecular Hbond substituents is 1. The molecule has 4 fully saturated rings. The van der Waals surface area contributed by atoms with E-state index in [1.807, 2.05) is 95.5 Å². The van der Waals surface area contributed by atoms with E-state index in [2.05, 4.69) is 96.3 Å². The molecule has 1 N–H and O–H groups in total. The SMILES string of the molecule is C[C@@H](Oc1ccc2c(c1)c(/C=C(\F)Br)nn2C1CCCCO1)c1c(Cl)cncc1Cl.C[C@@H](Oc1ccc2c(c1)c(C=O)nn2C1CCCCO1)c1c(Cl)cncc1Cl.C[C@@H](Oc1ccc2c(c1)c(I)nn2C1CCCCO1)c1c(Cl)cncc1Cl.C[C@H](OS(C)(=O)=O)c1c(Cl)cncc1Cl.Oc1ccc2c(c1)c(I)nn2C1CCCCO1. The number of halogens is 12. The molecule has 0 amide bonds. The number of nitrogens with zero attached hydrogens (tertiary/aromatic N) is 12. The molecule has 37 heteroatoms. The van der Waals surface area contributed by atoms with Gasteiger partial charge in [0.2, 0.25) is 0 Å². The number of hydrogen-bond acceptors (Lipinski definition) is 20. The predicted octanol–water partition coefficient (Wildman–Crippen LogP) is 24.3. The van der Waals surface area contributed by atoms with Gasteiger partial charge >= 0.3 is 0 Å². The van der Waals surface area contributed by atoms with Crippen LogP contribution >= 0.6 is 154 Å². The van der Waals surface area contributed by atoms with Crippen LogP contribution in [0.25, 0.3) is 49.7 Å². The Balaban J connectivity index is 0.000000138. The van der Waals surface area contributed by atoms with Crippen LogP contribution < -0.4 is 14.2 Å². The van der Waals surface area contributed by atoms with Crippen LogP contribution in [-0.4, -0.2) is 112 Å². The Kier molecular flexibility index (Phi) is 32.1. The van der Waals surface area contributed by atoms with Crippen molar-refractivity contribution >= 4 is 220 Å². The molecule has 0 radical (unpaired) electrons. The van der Waals surface area contributed by atoms with Gasteiger partial charge in [-0.25, -0.2) is 18.7 Å². The Bertz CT molecular complexity index is 5570. The molecule has 12 aromatic rings. The van der Waals surface area contributed by atoms with Gasteiger partial charge in [-0.15, -0.1) is 0 Å². The van der Waals surface area contributed by atoms with Gasteiger partial charge in [-0.2, -0.15) is 33.2 Å². The first-order valence-corrected chi connectivity index (χ1v) is 45.0. The van der Waals surface area contributed by atoms with Crippen LogP contribution in [0.3, 0.4) is 0 Å². The number of aldehydes is 1. The zero-order valence-electron chi connectivity index (χ0n) is 63.4. The minimum Gasteiger partial charge on any atom is -0.508 e. The highest BCUT2D eigenvalue weighted by atomic mass is 127. The van der Waals surface area contributed by atoms with Crippen molar-refractivity contribution in [1.29, 1.82) is 0 Å². The topological polar surface area (TPSA) is 268 Å². The molecular weight excluding hydrogens is 1990 g/mol. The largest absolute Gasteiger partial charge is 0.508 e. The molecule has 0 saturated carbocycles. The van der Waals surface area contributed by atoms with E-state index in [0.29, 0.717) is 82.9 Å². The molecule has 0 spiro atoms. The molecule has 4 unspecified atom stereocenters. The monoisotopic (exact) mass is 2060 g/mol. The van der Waals surface area contributed by atoms with Crippen LogP contribution in [0.4, 0.5) is 4.39 Å². The summed E-state index contributed by atoms with van der Waals surface area (Å²) in [6, 6.07) is 22.5. The van der Waals surface area contributed by atoms with Crippen molar-refractivity contribution in [2.45, 2.75) is 154 Å². The van der Waals surface area contributed by atoms with Gasteiger partial charge in [0.05, 0.1) is 74.2 Å². The molecule has 0 aliphatic carbocycles. The molecule has 16 rings (SSSR count). The molecule has 12 heterocycles. The van der Waals surface area contributed by atoms with Gasteiger partial charge in [0, 0.05) is 126 Å². The number of rotatable bonds is 18. The molecule has 117 heavy (non-hydrogen) atoms. The second-order valence-corrected chi connectivity index (χ2v) is 35.2. The fourth-order valence-electron chi connectivity index (χ4n) is 13.9. The number of pyridine rings is 4. The van der Waals surface area contributed by atoms with Crippen LogP contribution in [0.2, 0.25) is 40.2 Å². The molecule has 4 aromatic carbocycles. The summed E-state index contributed by atoms with van der Waals surface area (Å²) in [5, 5.41) is 34.6. The van der Waals surface area contributed by atoms with E-state index in [0.717, 1.165) is 159 Å². The van der Waals surface area contributed by atoms with Crippen LogP contribution in [0.5, 0.6) is 23.0 Å². The lowest BCUT2D eigenvalue weighted by atomic mass is 10.1. The first-order valence-electron chi connectivity index (χ1n) is 37.2. The highest BCUT2D eigenvalue weighted by Crippen LogP contribution is 2.42. The molecular formula is C80H78BrCl8FI2N12O12S. The second kappa shape index (κ2) is 41.7. The third-order valence-corrected chi connectivity index (χ3v) is 24.1. The number of hydrogen-bond donors (Lipinski definition) is 1. The fraction of sp³-hybridized carbons (Fsp3) is 0.362. The quantitative estimate of drug-likeness (QED) is 0.0475. The number of aromatic hydroxyl groups is 1. The van der Waals surface area contributed by atoms with Crippen molar-refractivity contribution in [3.63, 3.8) is 0 Å². The van der Waals surface area contributed by atoms with E-state index < -0.39 is 33.2 Å². The van der Waals surface area contributed by atoms with E-state index in [1.165, 1.54) is 49.7 Å². The van der Waals surface area contributed by atoms with Gasteiger partial charge in [-0.1, -0.05) is 92.8 Å². The molecule has 4 aliphatic heterocycles. The van der Waals surface area contributed by atoms with Crippen LogP contribution in [-0.2, 0) is 33.2 Å². The normalized spacial score (nSPS) is 18.2. The zero-order chi connectivity index (χ0) is 83.4. The summed E-state index contributed by atoms with van der Waals surface area (Å²) in [5.74, 6) is 2.20. The molecule has 8 aromatic heterocycles. The predicted molar refractivity (Wildman–Crippen MR) is 473 cm³/mol. The highest BCUT2D eigenvalue weighted by Gasteiger charge is 2.29. The first-order chi connectivity index (χ1) is 56.1. The molecule has 620 valence electrons. The Hall–Kier alpha value is -6.09. The third kappa shape index (κ3) is 22.8. The second-order valence-electron chi connectivity index (χ2n) is 27.5. The average Bonchev–Trinajstić information content (AvgIpc) is 1.65. The van der Waals surface area contributed by atoms with Crippen LogP contribution in [0, 0.1) is 7.40 Å². The lowest BCUT2D eigenvalue weighted by Crippen LogP contribution is -2.19. The number of fused-ring (bicyclic) bond motifs is 4. The number of ether oxygens (including phenoxy) is 7. The van der Waals surface area contributed by atoms with E-state index >= 15 is 0 Å². The zero-order valence-corrected chi connectivity index (χ0v) is 76.1. The summed E-state index contributed by atoms with van der Waals surface area (Å²) in [4.78, 5) is 27.2. The summed E-state index contributed by atoms with van der Waals surface area (Å²) in [6.45, 7) is 10.2. The minimum atomic E-state index is -3.54. The van der Waals surface area contributed by atoms with Gasteiger partial charge in [-0.3, -0.25) is 28.9 Å². The molecule has 24 nitrogen and oxygen atoms in total. The third-order valence-electron chi connectivity index (χ3n) is 19.2. The van der Waals surface area contributed by atoms with E-state index in [-0.39, 0.29) is 46.8 Å². The maximum Gasteiger partial charge on any atom is 0.264 e. The van der Waals surface area contributed by atoms with Gasteiger partial charge in [-0.05, 0) is 239 Å². The Labute approximate surface area is 750 Å². The van der Waals surface area contributed by atoms with E-state index in [1.54, 1.807) is 36.1 Å². The van der Waals surface area contributed by atoms with Crippen molar-refractivity contribution in [2.24, 2.45) is 0 Å². The smallest absolute Gasteiger partial charge is 0.264 e. The average molecular weight is 2070 g/mol. The number of carbonyl (C=O) groups excluding carboxylic acids is 1. The standard InChI is InChI=1S/C21H19BrCl2FN3O2.C20H19Cl2N3O3.C19H18Cl2IN3O2.C12H13IN2O2.C8H9Cl2NO3S/c1-12(21-15(23)10-26-11-16(21)24)30-13-5-6-18-14(8-13)17(9-19(22)25)27-28(18)20-4-2-3-7-29-20;1-12(20-15(21)9-23-10-16(20)22)28-13-5-6-18-14(8-13)17(11-26)24-25(18)19-4-2-3-7-27-19;1-11(18-14(20)9-23-10-15(18)21)27-12-5-6-16-13(8-12)19(22)24-25(16)17-4-2-3-7-26-17;13-12-9-7-8(16)4-5-10(9)15(14-12)11-3-1-2-6-17-11;1-5(14-15(2,12)13)8-6(9)3-11-4-7(8)10/h5-6,8-12,20H,2-4,7H2,1H3;5-6,8-12,19H,2-4,7H2,1H3;5-6,8-11,17H,2-4,7H2,1H3;4-5,7,11,16H,1-3,6H2;3-5H,1-2H3/b19-9-;;;;/t12-,20?;12-,19?;11-,17?;;5-/m111.0/s1. The maximum absolute atomic E-state index is 13.6. The van der Waals surface area contributed by atoms with Gasteiger partial charge < -0.3 is 38.3 Å². The van der Waals surface area contributed by atoms with Crippen molar-refractivity contribution in [3.05, 3.63) is 208 Å². The maximum atomic E-state index is 13.6. The summed E-state index contributed by atoms with van der Waals surface area (Å²) >= 11 is 56.4. The van der Waals surface area contributed by atoms with Crippen molar-refractivity contribution in [2.75, 3.05) is 32.7 Å². The fourth-order valence-corrected chi connectivity index (χ4v) is 18.7. The summed E-state index contributed by atoms with van der Waals surface area (Å²) in [6.07, 6.45) is 25.5. The van der Waals surface area contributed by atoms with Gasteiger partial charge in [0.15, 0.2) is 35.9 Å². The number of carbonyl (C=O) groups is 1. The lowest BCUT2D eigenvalue weighted by Gasteiger charge is -2.23. The Morgan fingerprint density at radius 1 is 0.462 bits per heavy atom. The molecule has 4 aliphatic rings. The summed E-state index contributed by atoms with van der Waals surface area (Å²) in [7, 11) is -3.54.